The summed E-state index contributed by atoms with van der Waals surface area (Å²) in [5.41, 5.74) is 4.62. The average molecular weight is 538 g/mol. The van der Waals surface area contributed by atoms with Gasteiger partial charge in [0.25, 0.3) is 0 Å². The molecule has 0 spiro atoms. The molecule has 0 fully saturated rings. The number of hydrogen-bond donors (Lipinski definition) is 0. The van der Waals surface area contributed by atoms with Gasteiger partial charge in [0.1, 0.15) is 12.1 Å². The van der Waals surface area contributed by atoms with Crippen LogP contribution in [0, 0.1) is 6.92 Å². The zero-order valence-electron chi connectivity index (χ0n) is 20.6. The fourth-order valence-corrected chi connectivity index (χ4v) is 4.92. The van der Waals surface area contributed by atoms with Crippen LogP contribution in [-0.2, 0) is 11.4 Å². The first-order valence-corrected chi connectivity index (χ1v) is 12.6. The Bertz CT molecular complexity index is 1830. The third-order valence-electron chi connectivity index (χ3n) is 6.46. The Balaban J connectivity index is 1.28. The number of aromatic nitrogens is 6. The lowest BCUT2D eigenvalue weighted by molar-refractivity contribution is 0.126. The Morgan fingerprint density at radius 1 is 1.03 bits per heavy atom. The van der Waals surface area contributed by atoms with E-state index in [2.05, 4.69) is 15.2 Å². The van der Waals surface area contributed by atoms with Crippen LogP contribution < -0.4 is 4.74 Å². The molecule has 6 aromatic rings. The van der Waals surface area contributed by atoms with Crippen LogP contribution in [0.3, 0.4) is 0 Å². The van der Waals surface area contributed by atoms with Crippen molar-refractivity contribution in [3.05, 3.63) is 118 Å². The molecule has 0 amide bonds. The molecule has 4 aromatic heterocycles. The Labute approximate surface area is 227 Å². The highest BCUT2D eigenvalue weighted by Crippen LogP contribution is 2.49. The minimum absolute atomic E-state index is 0.0555. The van der Waals surface area contributed by atoms with E-state index in [1.54, 1.807) is 34.1 Å². The van der Waals surface area contributed by atoms with Crippen molar-refractivity contribution in [3.63, 3.8) is 0 Å². The van der Waals surface area contributed by atoms with Gasteiger partial charge in [-0.1, -0.05) is 53.2 Å². The molecule has 11 heteroatoms. The fourth-order valence-electron chi connectivity index (χ4n) is 4.74. The third kappa shape index (κ3) is 4.02. The van der Waals surface area contributed by atoms with Gasteiger partial charge in [0, 0.05) is 10.6 Å². The molecule has 7 rings (SSSR count). The van der Waals surface area contributed by atoms with E-state index in [0.29, 0.717) is 28.3 Å². The van der Waals surface area contributed by atoms with E-state index in [1.165, 1.54) is 0 Å². The summed E-state index contributed by atoms with van der Waals surface area (Å²) in [6.07, 6.45) is 4.77. The first kappa shape index (κ1) is 23.2. The maximum Gasteiger partial charge on any atom is 0.230 e. The molecule has 0 aliphatic carbocycles. The second-order valence-electron chi connectivity index (χ2n) is 8.89. The maximum absolute atomic E-state index is 6.39. The summed E-state index contributed by atoms with van der Waals surface area (Å²) in [4.78, 5) is 14.8. The van der Waals surface area contributed by atoms with E-state index in [1.807, 2.05) is 67.6 Å². The number of hydrogen-bond acceptors (Lipinski definition) is 8. The van der Waals surface area contributed by atoms with Crippen LogP contribution in [-0.4, -0.2) is 35.6 Å². The predicted octanol–water partition coefficient (Wildman–Crippen LogP) is 5.70. The van der Waals surface area contributed by atoms with Gasteiger partial charge in [0.2, 0.25) is 11.8 Å². The molecular weight excluding hydrogens is 518 g/mol. The van der Waals surface area contributed by atoms with Crippen LogP contribution >= 0.6 is 11.6 Å². The summed E-state index contributed by atoms with van der Waals surface area (Å²) in [5.74, 6) is 1.79. The second kappa shape index (κ2) is 9.41. The van der Waals surface area contributed by atoms with Gasteiger partial charge in [-0.3, -0.25) is 0 Å². The van der Waals surface area contributed by atoms with Gasteiger partial charge in [-0.25, -0.2) is 19.2 Å². The molecule has 5 heterocycles. The third-order valence-corrected chi connectivity index (χ3v) is 6.80. The minimum atomic E-state index is -0.358. The van der Waals surface area contributed by atoms with Crippen molar-refractivity contribution < 1.29 is 14.0 Å². The van der Waals surface area contributed by atoms with E-state index in [-0.39, 0.29) is 12.5 Å². The Kier molecular flexibility index (Phi) is 5.59. The fraction of sp³-hybridized carbons (Fsp3) is 0.107. The van der Waals surface area contributed by atoms with Gasteiger partial charge in [-0.2, -0.15) is 5.10 Å². The standard InChI is InChI=1S/C28H20ClN7O3/c1-17-23-24(21-12-7-13-37-21)25-26-32-22(15-38-31-14-18-8-5-6-11-20(18)29)34-35(26)16-30-27(25)39-28(23)36(33-17)19-9-3-2-4-10-19/h2-14,16,24H,15H2,1H3/b31-14+. The summed E-state index contributed by atoms with van der Waals surface area (Å²) in [7, 11) is 0. The van der Waals surface area contributed by atoms with Crippen LogP contribution in [0.2, 0.25) is 5.02 Å². The van der Waals surface area contributed by atoms with E-state index in [0.717, 1.165) is 33.8 Å². The number of fused-ring (bicyclic) bond motifs is 4. The van der Waals surface area contributed by atoms with Gasteiger partial charge >= 0.3 is 0 Å². The number of furan rings is 1. The Morgan fingerprint density at radius 2 is 1.87 bits per heavy atom. The van der Waals surface area contributed by atoms with E-state index in [4.69, 9.17) is 35.7 Å². The molecule has 2 aromatic carbocycles. The van der Waals surface area contributed by atoms with Gasteiger partial charge in [-0.05, 0) is 37.3 Å². The van der Waals surface area contributed by atoms with E-state index >= 15 is 0 Å². The summed E-state index contributed by atoms with van der Waals surface area (Å²) >= 11 is 6.17. The number of rotatable bonds is 6. The number of aryl methyl sites for hydroxylation is 1. The van der Waals surface area contributed by atoms with Crippen LogP contribution in [0.5, 0.6) is 11.8 Å². The second-order valence-corrected chi connectivity index (χ2v) is 9.30. The van der Waals surface area contributed by atoms with Crippen molar-refractivity contribution in [2.45, 2.75) is 19.4 Å². The first-order chi connectivity index (χ1) is 19.2. The van der Waals surface area contributed by atoms with Crippen LogP contribution in [0.25, 0.3) is 11.3 Å². The molecule has 0 saturated heterocycles. The number of benzene rings is 2. The number of halogens is 1. The summed E-state index contributed by atoms with van der Waals surface area (Å²) < 4.78 is 15.7. The van der Waals surface area contributed by atoms with Crippen molar-refractivity contribution in [1.29, 1.82) is 0 Å². The molecule has 1 aliphatic heterocycles. The maximum atomic E-state index is 6.39. The molecule has 192 valence electrons. The highest BCUT2D eigenvalue weighted by atomic mass is 35.5. The smallest absolute Gasteiger partial charge is 0.230 e. The summed E-state index contributed by atoms with van der Waals surface area (Å²) in [5, 5.41) is 14.0. The number of oxime groups is 1. The van der Waals surface area contributed by atoms with Gasteiger partial charge < -0.3 is 14.0 Å². The van der Waals surface area contributed by atoms with E-state index < -0.39 is 0 Å². The zero-order chi connectivity index (χ0) is 26.3. The predicted molar refractivity (Wildman–Crippen MR) is 143 cm³/mol. The van der Waals surface area contributed by atoms with Gasteiger partial charge in [0.05, 0.1) is 40.9 Å². The van der Waals surface area contributed by atoms with Crippen molar-refractivity contribution in [2.24, 2.45) is 5.16 Å². The highest BCUT2D eigenvalue weighted by Gasteiger charge is 2.39. The van der Waals surface area contributed by atoms with Crippen molar-refractivity contribution >= 4 is 23.5 Å². The topological polar surface area (TPSA) is 105 Å². The largest absolute Gasteiger partial charge is 0.468 e. The van der Waals surface area contributed by atoms with Crippen molar-refractivity contribution in [2.75, 3.05) is 0 Å². The van der Waals surface area contributed by atoms with Gasteiger partial charge in [0.15, 0.2) is 18.1 Å². The average Bonchev–Trinajstić information content (AvgIpc) is 3.71. The SMILES string of the molecule is Cc1nn(-c2ccccc2)c2c1C(c1ccco1)c1c(ncn3nc(CO/N=C/c4ccccc4Cl)nc13)O2. The zero-order valence-corrected chi connectivity index (χ0v) is 21.4. The number of nitrogens with zero attached hydrogens (tertiary/aromatic N) is 7. The monoisotopic (exact) mass is 537 g/mol. The molecule has 0 bridgehead atoms. The summed E-state index contributed by atoms with van der Waals surface area (Å²) in [6.45, 7) is 2.01. The number of para-hydroxylation sites is 1. The van der Waals surface area contributed by atoms with Crippen LogP contribution in [0.15, 0.2) is 88.9 Å². The lowest BCUT2D eigenvalue weighted by Gasteiger charge is -2.24. The van der Waals surface area contributed by atoms with E-state index in [9.17, 15) is 0 Å². The number of ether oxygens (including phenoxy) is 1. The Morgan fingerprint density at radius 3 is 2.69 bits per heavy atom. The van der Waals surface area contributed by atoms with Crippen LogP contribution in [0.4, 0.5) is 0 Å². The summed E-state index contributed by atoms with van der Waals surface area (Å²) in [6, 6.07) is 21.0. The van der Waals surface area contributed by atoms with Crippen molar-refractivity contribution in [1.82, 2.24) is 29.4 Å². The molecule has 1 aliphatic rings. The lowest BCUT2D eigenvalue weighted by Crippen LogP contribution is -2.15. The molecular formula is C28H20ClN7O3. The normalized spacial score (nSPS) is 14.4. The highest BCUT2D eigenvalue weighted by molar-refractivity contribution is 6.33. The minimum Gasteiger partial charge on any atom is -0.468 e. The van der Waals surface area contributed by atoms with Crippen molar-refractivity contribution in [3.8, 4) is 17.4 Å². The molecule has 0 radical (unpaired) electrons. The molecule has 1 unspecified atom stereocenters. The molecule has 0 saturated carbocycles. The Hall–Kier alpha value is -4.96. The van der Waals surface area contributed by atoms with Gasteiger partial charge in [-0.15, -0.1) is 5.10 Å². The molecule has 1 atom stereocenters. The molecule has 39 heavy (non-hydrogen) atoms. The molecule has 10 nitrogen and oxygen atoms in total. The van der Waals surface area contributed by atoms with Crippen LogP contribution in [0.1, 0.15) is 39.9 Å². The molecule has 0 N–H and O–H groups in total. The quantitative estimate of drug-likeness (QED) is 0.198. The lowest BCUT2D eigenvalue weighted by atomic mass is 9.88. The first-order valence-electron chi connectivity index (χ1n) is 12.2.